The smallest absolute Gasteiger partial charge is 0.410 e. The maximum Gasteiger partial charge on any atom is 0.410 e. The number of piperazine rings is 1. The van der Waals surface area contributed by atoms with Gasteiger partial charge in [-0.3, -0.25) is 4.90 Å². The highest BCUT2D eigenvalue weighted by molar-refractivity contribution is 5.68. The number of amides is 1. The fourth-order valence-corrected chi connectivity index (χ4v) is 3.43. The van der Waals surface area contributed by atoms with E-state index in [4.69, 9.17) is 4.74 Å². The fourth-order valence-electron chi connectivity index (χ4n) is 3.43. The van der Waals surface area contributed by atoms with Crippen molar-refractivity contribution in [1.29, 1.82) is 0 Å². The summed E-state index contributed by atoms with van der Waals surface area (Å²) in [5.74, 6) is 0.923. The van der Waals surface area contributed by atoms with E-state index in [9.17, 15) is 4.79 Å². The molecule has 1 N–H and O–H groups in total. The molecule has 1 heterocycles. The third-order valence-electron chi connectivity index (χ3n) is 4.76. The molecule has 0 bridgehead atoms. The number of hydrogen-bond acceptors (Lipinski definition) is 4. The predicted octanol–water partition coefficient (Wildman–Crippen LogP) is 2.71. The molecule has 1 aliphatic carbocycles. The average Bonchev–Trinajstić information content (AvgIpc) is 2.99. The summed E-state index contributed by atoms with van der Waals surface area (Å²) in [6.45, 7) is 12.7. The molecule has 5 nitrogen and oxygen atoms in total. The van der Waals surface area contributed by atoms with Gasteiger partial charge in [-0.1, -0.05) is 12.8 Å². The summed E-state index contributed by atoms with van der Waals surface area (Å²) in [5, 5.41) is 3.61. The van der Waals surface area contributed by atoms with Crippen molar-refractivity contribution in [2.24, 2.45) is 5.92 Å². The summed E-state index contributed by atoms with van der Waals surface area (Å²) in [6, 6.07) is 0. The van der Waals surface area contributed by atoms with Gasteiger partial charge in [0, 0.05) is 26.2 Å². The van der Waals surface area contributed by atoms with Crippen molar-refractivity contribution in [1.82, 2.24) is 15.1 Å². The zero-order valence-electron chi connectivity index (χ0n) is 15.3. The van der Waals surface area contributed by atoms with Crippen LogP contribution in [-0.4, -0.2) is 67.3 Å². The number of hydrogen-bond donors (Lipinski definition) is 1. The van der Waals surface area contributed by atoms with Gasteiger partial charge in [-0.2, -0.15) is 0 Å². The Labute approximate surface area is 141 Å². The number of rotatable bonds is 6. The van der Waals surface area contributed by atoms with E-state index in [1.807, 2.05) is 25.7 Å². The SMILES string of the molecule is CC(C)(C)OC(=O)N1CCN(CCCNCC2CCCC2)CC1. The summed E-state index contributed by atoms with van der Waals surface area (Å²) in [7, 11) is 0. The molecule has 1 saturated carbocycles. The molecule has 0 unspecified atom stereocenters. The molecule has 1 saturated heterocycles. The van der Waals surface area contributed by atoms with Crippen LogP contribution in [-0.2, 0) is 4.74 Å². The van der Waals surface area contributed by atoms with Crippen molar-refractivity contribution in [3.05, 3.63) is 0 Å². The van der Waals surface area contributed by atoms with Crippen LogP contribution in [0.25, 0.3) is 0 Å². The zero-order valence-corrected chi connectivity index (χ0v) is 15.3. The van der Waals surface area contributed by atoms with Gasteiger partial charge in [0.15, 0.2) is 0 Å². The molecule has 0 aromatic carbocycles. The van der Waals surface area contributed by atoms with E-state index in [1.165, 1.54) is 38.6 Å². The molecular formula is C18H35N3O2. The molecular weight excluding hydrogens is 290 g/mol. The standard InChI is InChI=1S/C18H35N3O2/c1-18(2,3)23-17(22)21-13-11-20(12-14-21)10-6-9-19-15-16-7-4-5-8-16/h16,19H,4-15H2,1-3H3. The molecule has 23 heavy (non-hydrogen) atoms. The van der Waals surface area contributed by atoms with E-state index in [0.29, 0.717) is 0 Å². The third-order valence-corrected chi connectivity index (χ3v) is 4.76. The van der Waals surface area contributed by atoms with E-state index in [2.05, 4.69) is 10.2 Å². The molecule has 2 aliphatic rings. The number of carbonyl (C=O) groups is 1. The first-order chi connectivity index (χ1) is 10.9. The molecule has 0 aromatic rings. The van der Waals surface area contributed by atoms with Gasteiger partial charge >= 0.3 is 6.09 Å². The Balaban J connectivity index is 1.51. The number of nitrogens with one attached hydrogen (secondary N) is 1. The van der Waals surface area contributed by atoms with Gasteiger partial charge in [-0.25, -0.2) is 4.79 Å². The predicted molar refractivity (Wildman–Crippen MR) is 93.7 cm³/mol. The van der Waals surface area contributed by atoms with Crippen LogP contribution in [0.4, 0.5) is 4.79 Å². The summed E-state index contributed by atoms with van der Waals surface area (Å²) in [5.41, 5.74) is -0.404. The van der Waals surface area contributed by atoms with Gasteiger partial charge < -0.3 is 15.0 Å². The first-order valence-corrected chi connectivity index (χ1v) is 9.35. The molecule has 134 valence electrons. The topological polar surface area (TPSA) is 44.8 Å². The fraction of sp³-hybridized carbons (Fsp3) is 0.944. The lowest BCUT2D eigenvalue weighted by molar-refractivity contribution is 0.0144. The van der Waals surface area contributed by atoms with Crippen LogP contribution in [0.2, 0.25) is 0 Å². The molecule has 1 aliphatic heterocycles. The second kappa shape index (κ2) is 8.88. The highest BCUT2D eigenvalue weighted by Gasteiger charge is 2.25. The molecule has 0 atom stereocenters. The lowest BCUT2D eigenvalue weighted by Crippen LogP contribution is -2.50. The van der Waals surface area contributed by atoms with Gasteiger partial charge in [0.25, 0.3) is 0 Å². The van der Waals surface area contributed by atoms with Gasteiger partial charge in [-0.15, -0.1) is 0 Å². The van der Waals surface area contributed by atoms with Gasteiger partial charge in [0.1, 0.15) is 5.60 Å². The highest BCUT2D eigenvalue weighted by atomic mass is 16.6. The van der Waals surface area contributed by atoms with E-state index in [1.54, 1.807) is 0 Å². The molecule has 2 fully saturated rings. The molecule has 0 radical (unpaired) electrons. The van der Waals surface area contributed by atoms with Crippen LogP contribution in [0.1, 0.15) is 52.9 Å². The average molecular weight is 325 g/mol. The van der Waals surface area contributed by atoms with Gasteiger partial charge in [0.05, 0.1) is 0 Å². The summed E-state index contributed by atoms with van der Waals surface area (Å²) in [4.78, 5) is 16.3. The van der Waals surface area contributed by atoms with Crippen LogP contribution >= 0.6 is 0 Å². The van der Waals surface area contributed by atoms with Crippen LogP contribution < -0.4 is 5.32 Å². The Bertz CT molecular complexity index is 354. The third kappa shape index (κ3) is 7.08. The minimum Gasteiger partial charge on any atom is -0.444 e. The maximum atomic E-state index is 12.0. The minimum absolute atomic E-state index is 0.171. The van der Waals surface area contributed by atoms with Crippen LogP contribution in [0, 0.1) is 5.92 Å². The van der Waals surface area contributed by atoms with Gasteiger partial charge in [0.2, 0.25) is 0 Å². The lowest BCUT2D eigenvalue weighted by atomic mass is 10.1. The van der Waals surface area contributed by atoms with Crippen molar-refractivity contribution < 1.29 is 9.53 Å². The molecule has 5 heteroatoms. The van der Waals surface area contributed by atoms with Gasteiger partial charge in [-0.05, 0) is 65.6 Å². The molecule has 0 spiro atoms. The van der Waals surface area contributed by atoms with E-state index >= 15 is 0 Å². The monoisotopic (exact) mass is 325 g/mol. The van der Waals surface area contributed by atoms with Crippen molar-refractivity contribution >= 4 is 6.09 Å². The largest absolute Gasteiger partial charge is 0.444 e. The van der Waals surface area contributed by atoms with Crippen molar-refractivity contribution in [2.45, 2.75) is 58.5 Å². The van der Waals surface area contributed by atoms with E-state index in [0.717, 1.165) is 45.2 Å². The first-order valence-electron chi connectivity index (χ1n) is 9.35. The Kier molecular flexibility index (Phi) is 7.15. The Morgan fingerprint density at radius 2 is 1.78 bits per heavy atom. The first kappa shape index (κ1) is 18.5. The number of carbonyl (C=O) groups excluding carboxylic acids is 1. The number of nitrogens with zero attached hydrogens (tertiary/aromatic N) is 2. The normalized spacial score (nSPS) is 20.9. The van der Waals surface area contributed by atoms with Crippen LogP contribution in [0.15, 0.2) is 0 Å². The van der Waals surface area contributed by atoms with Crippen molar-refractivity contribution in [2.75, 3.05) is 45.8 Å². The van der Waals surface area contributed by atoms with E-state index < -0.39 is 5.60 Å². The number of ether oxygens (including phenoxy) is 1. The molecule has 0 aromatic heterocycles. The van der Waals surface area contributed by atoms with Crippen LogP contribution in [0.3, 0.4) is 0 Å². The zero-order chi connectivity index (χ0) is 16.7. The summed E-state index contributed by atoms with van der Waals surface area (Å²) < 4.78 is 5.43. The van der Waals surface area contributed by atoms with Crippen molar-refractivity contribution in [3.8, 4) is 0 Å². The Hall–Kier alpha value is -0.810. The second-order valence-electron chi connectivity index (χ2n) is 8.02. The Morgan fingerprint density at radius 3 is 2.39 bits per heavy atom. The second-order valence-corrected chi connectivity index (χ2v) is 8.02. The lowest BCUT2D eigenvalue weighted by Gasteiger charge is -2.35. The van der Waals surface area contributed by atoms with E-state index in [-0.39, 0.29) is 6.09 Å². The van der Waals surface area contributed by atoms with Crippen LogP contribution in [0.5, 0.6) is 0 Å². The Morgan fingerprint density at radius 1 is 1.13 bits per heavy atom. The minimum atomic E-state index is -0.404. The summed E-state index contributed by atoms with van der Waals surface area (Å²) in [6.07, 6.45) is 6.71. The quantitative estimate of drug-likeness (QED) is 0.763. The highest BCUT2D eigenvalue weighted by Crippen LogP contribution is 2.23. The molecule has 1 amide bonds. The maximum absolute atomic E-state index is 12.0. The summed E-state index contributed by atoms with van der Waals surface area (Å²) >= 11 is 0. The molecule has 2 rings (SSSR count). The van der Waals surface area contributed by atoms with Crippen molar-refractivity contribution in [3.63, 3.8) is 0 Å².